The van der Waals surface area contributed by atoms with E-state index in [2.05, 4.69) is 20.8 Å². The largest absolute Gasteiger partial charge is 0.493 e. The van der Waals surface area contributed by atoms with E-state index in [4.69, 9.17) is 21.1 Å². The molecular weight excluding hydrogens is 386 g/mol. The van der Waals surface area contributed by atoms with Gasteiger partial charge in [0, 0.05) is 29.9 Å². The average Bonchev–Trinajstić information content (AvgIpc) is 3.17. The van der Waals surface area contributed by atoms with Crippen molar-refractivity contribution < 1.29 is 9.47 Å². The second-order valence-corrected chi connectivity index (χ2v) is 7.00. The molecule has 27 heavy (non-hydrogen) atoms. The number of hydrogen-bond acceptors (Lipinski definition) is 7. The van der Waals surface area contributed by atoms with Crippen molar-refractivity contribution in [1.29, 1.82) is 0 Å². The van der Waals surface area contributed by atoms with Gasteiger partial charge < -0.3 is 14.8 Å². The lowest BCUT2D eigenvalue weighted by atomic mass is 10.2. The molecule has 0 aliphatic carbocycles. The van der Waals surface area contributed by atoms with E-state index in [1.807, 2.05) is 36.4 Å². The fraction of sp³-hybridized carbons (Fsp3) is 0.278. The Morgan fingerprint density at radius 3 is 2.59 bits per heavy atom. The molecule has 7 nitrogen and oxygen atoms in total. The highest BCUT2D eigenvalue weighted by Crippen LogP contribution is 2.33. The van der Waals surface area contributed by atoms with Gasteiger partial charge in [0.1, 0.15) is 0 Å². The van der Waals surface area contributed by atoms with E-state index in [9.17, 15) is 0 Å². The third-order valence-corrected chi connectivity index (χ3v) is 5.09. The van der Waals surface area contributed by atoms with Crippen LogP contribution < -0.4 is 14.8 Å². The van der Waals surface area contributed by atoms with Crippen molar-refractivity contribution in [2.24, 2.45) is 0 Å². The number of benzene rings is 2. The Hall–Kier alpha value is -2.29. The maximum atomic E-state index is 6.31. The first-order valence-corrected chi connectivity index (χ1v) is 9.67. The predicted molar refractivity (Wildman–Crippen MR) is 106 cm³/mol. The van der Waals surface area contributed by atoms with Gasteiger partial charge in [-0.1, -0.05) is 41.6 Å². The van der Waals surface area contributed by atoms with Crippen LogP contribution in [0, 0.1) is 0 Å². The maximum absolute atomic E-state index is 6.31. The average molecular weight is 406 g/mol. The van der Waals surface area contributed by atoms with Crippen molar-refractivity contribution in [3.8, 4) is 17.2 Å². The van der Waals surface area contributed by atoms with Crippen molar-refractivity contribution in [3.63, 3.8) is 0 Å². The number of aromatic nitrogens is 4. The number of para-hydroxylation sites is 1. The third kappa shape index (κ3) is 4.91. The van der Waals surface area contributed by atoms with E-state index in [0.29, 0.717) is 23.1 Å². The van der Waals surface area contributed by atoms with Gasteiger partial charge >= 0.3 is 0 Å². The standard InChI is InChI=1S/C18H20ClN5O2S/c1-25-16-10-13(15(19)11-17(16)26-2)12-20-8-9-27-18-21-22-23-24(18)14-6-4-3-5-7-14/h3-7,10-11,20H,8-9,12H2,1-2H3. The molecular formula is C18H20ClN5O2S. The summed E-state index contributed by atoms with van der Waals surface area (Å²) in [6, 6.07) is 13.5. The van der Waals surface area contributed by atoms with Crippen molar-refractivity contribution in [3.05, 3.63) is 53.1 Å². The van der Waals surface area contributed by atoms with Crippen LogP contribution in [-0.2, 0) is 6.54 Å². The molecule has 9 heteroatoms. The van der Waals surface area contributed by atoms with Crippen LogP contribution in [0.5, 0.6) is 11.5 Å². The quantitative estimate of drug-likeness (QED) is 0.432. The first-order chi connectivity index (χ1) is 13.2. The molecule has 0 saturated heterocycles. The molecule has 3 aromatic rings. The minimum absolute atomic E-state index is 0.620. The summed E-state index contributed by atoms with van der Waals surface area (Å²) in [6.07, 6.45) is 0. The van der Waals surface area contributed by atoms with Crippen molar-refractivity contribution >= 4 is 23.4 Å². The summed E-state index contributed by atoms with van der Waals surface area (Å²) in [5, 5.41) is 16.7. The fourth-order valence-electron chi connectivity index (χ4n) is 2.47. The molecule has 0 spiro atoms. The number of nitrogens with one attached hydrogen (secondary N) is 1. The van der Waals surface area contributed by atoms with Gasteiger partial charge in [0.15, 0.2) is 11.5 Å². The minimum Gasteiger partial charge on any atom is -0.493 e. The number of methoxy groups -OCH3 is 2. The van der Waals surface area contributed by atoms with Crippen LogP contribution in [0.3, 0.4) is 0 Å². The summed E-state index contributed by atoms with van der Waals surface area (Å²) in [4.78, 5) is 0. The number of thioether (sulfide) groups is 1. The molecule has 0 aliphatic heterocycles. The third-order valence-electron chi connectivity index (χ3n) is 3.82. The van der Waals surface area contributed by atoms with Crippen LogP contribution in [0.4, 0.5) is 0 Å². The molecule has 2 aromatic carbocycles. The van der Waals surface area contributed by atoms with Crippen LogP contribution in [0.1, 0.15) is 5.56 Å². The first kappa shape index (κ1) is 19.5. The number of nitrogens with zero attached hydrogens (tertiary/aromatic N) is 4. The van der Waals surface area contributed by atoms with Gasteiger partial charge in [-0.05, 0) is 34.2 Å². The number of hydrogen-bond donors (Lipinski definition) is 1. The SMILES string of the molecule is COc1cc(Cl)c(CNCCSc2nnnn2-c2ccccc2)cc1OC. The number of tetrazole rings is 1. The zero-order chi connectivity index (χ0) is 19.1. The highest BCUT2D eigenvalue weighted by Gasteiger charge is 2.10. The van der Waals surface area contributed by atoms with Gasteiger partial charge in [-0.2, -0.15) is 4.68 Å². The molecule has 0 unspecified atom stereocenters. The van der Waals surface area contributed by atoms with Crippen LogP contribution in [0.15, 0.2) is 47.6 Å². The van der Waals surface area contributed by atoms with Crippen molar-refractivity contribution in [1.82, 2.24) is 25.5 Å². The Labute approximate surface area is 167 Å². The van der Waals surface area contributed by atoms with Crippen LogP contribution >= 0.6 is 23.4 Å². The molecule has 3 rings (SSSR count). The lowest BCUT2D eigenvalue weighted by Gasteiger charge is -2.12. The molecule has 0 aliphatic rings. The molecule has 1 heterocycles. The Balaban J connectivity index is 1.52. The van der Waals surface area contributed by atoms with Crippen LogP contribution in [0.2, 0.25) is 5.02 Å². The maximum Gasteiger partial charge on any atom is 0.214 e. The molecule has 0 amide bonds. The summed E-state index contributed by atoms with van der Waals surface area (Å²) in [5.74, 6) is 2.10. The van der Waals surface area contributed by atoms with Crippen LogP contribution in [0.25, 0.3) is 5.69 Å². The lowest BCUT2D eigenvalue weighted by molar-refractivity contribution is 0.354. The summed E-state index contributed by atoms with van der Waals surface area (Å²) in [7, 11) is 3.20. The van der Waals surface area contributed by atoms with Gasteiger partial charge in [-0.25, -0.2) is 0 Å². The second-order valence-electron chi connectivity index (χ2n) is 5.53. The van der Waals surface area contributed by atoms with E-state index in [-0.39, 0.29) is 0 Å². The molecule has 0 atom stereocenters. The van der Waals surface area contributed by atoms with Gasteiger partial charge in [0.2, 0.25) is 5.16 Å². The Morgan fingerprint density at radius 2 is 1.85 bits per heavy atom. The van der Waals surface area contributed by atoms with Crippen molar-refractivity contribution in [2.75, 3.05) is 26.5 Å². The molecule has 0 fully saturated rings. The zero-order valence-corrected chi connectivity index (χ0v) is 16.6. The van der Waals surface area contributed by atoms with E-state index in [1.165, 1.54) is 0 Å². The van der Waals surface area contributed by atoms with Gasteiger partial charge in [-0.3, -0.25) is 0 Å². The molecule has 1 N–H and O–H groups in total. The number of halogens is 1. The first-order valence-electron chi connectivity index (χ1n) is 8.30. The topological polar surface area (TPSA) is 74.1 Å². The molecule has 0 radical (unpaired) electrons. The van der Waals surface area contributed by atoms with Gasteiger partial charge in [0.25, 0.3) is 0 Å². The normalized spacial score (nSPS) is 10.8. The Morgan fingerprint density at radius 1 is 1.11 bits per heavy atom. The Bertz CT molecular complexity index is 875. The zero-order valence-electron chi connectivity index (χ0n) is 15.1. The van der Waals surface area contributed by atoms with E-state index >= 15 is 0 Å². The smallest absolute Gasteiger partial charge is 0.214 e. The predicted octanol–water partition coefficient (Wildman–Crippen LogP) is 3.21. The highest BCUT2D eigenvalue weighted by molar-refractivity contribution is 7.99. The van der Waals surface area contributed by atoms with Crippen molar-refractivity contribution in [2.45, 2.75) is 11.7 Å². The Kier molecular flexibility index (Phi) is 6.92. The summed E-state index contributed by atoms with van der Waals surface area (Å²) < 4.78 is 12.3. The number of rotatable bonds is 9. The minimum atomic E-state index is 0.620. The monoisotopic (exact) mass is 405 g/mol. The molecule has 142 valence electrons. The summed E-state index contributed by atoms with van der Waals surface area (Å²) in [5.41, 5.74) is 1.89. The summed E-state index contributed by atoms with van der Waals surface area (Å²) in [6.45, 7) is 1.40. The lowest BCUT2D eigenvalue weighted by Crippen LogP contribution is -2.17. The second kappa shape index (κ2) is 9.59. The van der Waals surface area contributed by atoms with E-state index in [0.717, 1.165) is 28.7 Å². The molecule has 0 saturated carbocycles. The number of ether oxygens (including phenoxy) is 2. The molecule has 0 bridgehead atoms. The fourth-order valence-corrected chi connectivity index (χ4v) is 3.48. The summed E-state index contributed by atoms with van der Waals surface area (Å²) >= 11 is 7.90. The van der Waals surface area contributed by atoms with Gasteiger partial charge in [-0.15, -0.1) is 5.10 Å². The van der Waals surface area contributed by atoms with E-state index in [1.54, 1.807) is 36.7 Å². The van der Waals surface area contributed by atoms with Gasteiger partial charge in [0.05, 0.1) is 19.9 Å². The van der Waals surface area contributed by atoms with Crippen LogP contribution in [-0.4, -0.2) is 46.7 Å². The highest BCUT2D eigenvalue weighted by atomic mass is 35.5. The van der Waals surface area contributed by atoms with E-state index < -0.39 is 0 Å². The molecule has 1 aromatic heterocycles.